The van der Waals surface area contributed by atoms with E-state index in [2.05, 4.69) is 35.6 Å². The summed E-state index contributed by atoms with van der Waals surface area (Å²) in [5.41, 5.74) is 1.77. The molecule has 2 aliphatic rings. The highest BCUT2D eigenvalue weighted by Crippen LogP contribution is 2.35. The molecular weight excluding hydrogens is 483 g/mol. The predicted octanol–water partition coefficient (Wildman–Crippen LogP) is 4.00. The number of piperazine rings is 1. The van der Waals surface area contributed by atoms with Gasteiger partial charge in [0.05, 0.1) is 5.56 Å². The van der Waals surface area contributed by atoms with Crippen LogP contribution in [0.1, 0.15) is 72.5 Å². The summed E-state index contributed by atoms with van der Waals surface area (Å²) in [7, 11) is 0. The maximum Gasteiger partial charge on any atom is 0.416 e. The fourth-order valence-corrected chi connectivity index (χ4v) is 5.82. The highest BCUT2D eigenvalue weighted by molar-refractivity contribution is 5.96. The Balaban J connectivity index is 1.37. The Morgan fingerprint density at radius 1 is 1.14 bits per heavy atom. The standard InChI is InChI=1S/C27H37F3N5O2/c1-18-16-33(14-15-34(18)20(3)22-6-8-23(9-7-22)27(28,29)30)26(5)10-12-32(13-11-26)25(36)24-19(2)31-17-35(37)21(24)4/h6-9,17-18,20,37H,10-16H2,1-5H3/q+1/t18-,20-/m0/s1. The van der Waals surface area contributed by atoms with Crippen LogP contribution < -0.4 is 4.73 Å². The Bertz CT molecular complexity index is 1130. The number of benzene rings is 1. The Morgan fingerprint density at radius 2 is 1.76 bits per heavy atom. The van der Waals surface area contributed by atoms with E-state index in [9.17, 15) is 23.2 Å². The van der Waals surface area contributed by atoms with E-state index in [1.807, 2.05) is 4.90 Å². The van der Waals surface area contributed by atoms with Gasteiger partial charge < -0.3 is 10.1 Å². The maximum atomic E-state index is 13.2. The quantitative estimate of drug-likeness (QED) is 0.488. The van der Waals surface area contributed by atoms with Gasteiger partial charge in [0, 0.05) is 64.2 Å². The molecule has 0 spiro atoms. The van der Waals surface area contributed by atoms with Crippen LogP contribution in [0.3, 0.4) is 0 Å². The lowest BCUT2D eigenvalue weighted by molar-refractivity contribution is -0.910. The predicted molar refractivity (Wildman–Crippen MR) is 132 cm³/mol. The lowest BCUT2D eigenvalue weighted by Crippen LogP contribution is -2.62. The number of alkyl halides is 3. The third kappa shape index (κ3) is 5.45. The molecule has 0 radical (unpaired) electrons. The molecule has 1 aromatic heterocycles. The number of carbonyl (C=O) groups excluding carboxylic acids is 1. The highest BCUT2D eigenvalue weighted by atomic mass is 19.4. The van der Waals surface area contributed by atoms with Gasteiger partial charge in [0.15, 0.2) is 11.4 Å². The van der Waals surface area contributed by atoms with E-state index in [1.54, 1.807) is 26.0 Å². The van der Waals surface area contributed by atoms with Crippen molar-refractivity contribution in [2.45, 2.75) is 71.3 Å². The van der Waals surface area contributed by atoms with Crippen molar-refractivity contribution in [2.75, 3.05) is 32.7 Å². The van der Waals surface area contributed by atoms with Gasteiger partial charge in [0.1, 0.15) is 5.56 Å². The van der Waals surface area contributed by atoms with E-state index in [0.29, 0.717) is 30.0 Å². The Hall–Kier alpha value is -2.72. The van der Waals surface area contributed by atoms with Crippen molar-refractivity contribution in [1.82, 2.24) is 19.7 Å². The van der Waals surface area contributed by atoms with Gasteiger partial charge in [-0.25, -0.2) is 0 Å². The maximum absolute atomic E-state index is 13.2. The molecule has 1 N–H and O–H groups in total. The summed E-state index contributed by atoms with van der Waals surface area (Å²) in [6.07, 6.45) is -1.34. The summed E-state index contributed by atoms with van der Waals surface area (Å²) in [5, 5.41) is 9.95. The van der Waals surface area contributed by atoms with Gasteiger partial charge in [-0.3, -0.25) is 14.6 Å². The number of hydrogen-bond acceptors (Lipinski definition) is 5. The largest absolute Gasteiger partial charge is 0.416 e. The highest BCUT2D eigenvalue weighted by Gasteiger charge is 2.41. The van der Waals surface area contributed by atoms with Crippen molar-refractivity contribution in [1.29, 1.82) is 0 Å². The van der Waals surface area contributed by atoms with Crippen molar-refractivity contribution in [2.24, 2.45) is 0 Å². The van der Waals surface area contributed by atoms with Crippen molar-refractivity contribution in [3.63, 3.8) is 0 Å². The Kier molecular flexibility index (Phi) is 7.54. The van der Waals surface area contributed by atoms with Crippen molar-refractivity contribution in [3.8, 4) is 0 Å². The van der Waals surface area contributed by atoms with Gasteiger partial charge in [0.25, 0.3) is 5.91 Å². The number of piperidine rings is 1. The lowest BCUT2D eigenvalue weighted by Gasteiger charge is -2.52. The second kappa shape index (κ2) is 10.2. The van der Waals surface area contributed by atoms with Gasteiger partial charge in [-0.1, -0.05) is 16.9 Å². The number of nitrogens with zero attached hydrogens (tertiary/aromatic N) is 5. The van der Waals surface area contributed by atoms with Crippen LogP contribution in [-0.4, -0.2) is 75.1 Å². The summed E-state index contributed by atoms with van der Waals surface area (Å²) in [6, 6.07) is 5.76. The van der Waals surface area contributed by atoms with Crippen molar-refractivity contribution < 1.29 is 27.9 Å². The van der Waals surface area contributed by atoms with Crippen LogP contribution in [0.4, 0.5) is 13.2 Å². The molecule has 202 valence electrons. The summed E-state index contributed by atoms with van der Waals surface area (Å²) in [6.45, 7) is 13.8. The molecule has 10 heteroatoms. The molecule has 37 heavy (non-hydrogen) atoms. The molecule has 0 aliphatic carbocycles. The Labute approximate surface area is 216 Å². The topological polar surface area (TPSA) is 63.8 Å². The van der Waals surface area contributed by atoms with Gasteiger partial charge >= 0.3 is 12.5 Å². The number of rotatable bonds is 4. The first-order valence-corrected chi connectivity index (χ1v) is 12.9. The van der Waals surface area contributed by atoms with E-state index in [0.717, 1.165) is 54.9 Å². The Morgan fingerprint density at radius 3 is 2.32 bits per heavy atom. The first-order valence-electron chi connectivity index (χ1n) is 12.9. The van der Waals surface area contributed by atoms with Crippen LogP contribution >= 0.6 is 0 Å². The summed E-state index contributed by atoms with van der Waals surface area (Å²) < 4.78 is 39.7. The fourth-order valence-electron chi connectivity index (χ4n) is 5.82. The number of amides is 1. The molecule has 1 amide bonds. The molecule has 2 saturated heterocycles. The zero-order chi connectivity index (χ0) is 27.1. The van der Waals surface area contributed by atoms with Crippen LogP contribution in [0.15, 0.2) is 30.6 Å². The fraction of sp³-hybridized carbons (Fsp3) is 0.593. The summed E-state index contributed by atoms with van der Waals surface area (Å²) in [5.74, 6) is -0.100. The normalized spacial score (nSPS) is 22.2. The number of halogens is 3. The minimum atomic E-state index is -4.33. The average Bonchev–Trinajstić information content (AvgIpc) is 2.86. The second-order valence-electron chi connectivity index (χ2n) is 10.8. The average molecular weight is 521 g/mol. The van der Waals surface area contributed by atoms with Crippen molar-refractivity contribution in [3.05, 3.63) is 58.7 Å². The van der Waals surface area contributed by atoms with Crippen LogP contribution in [0.2, 0.25) is 0 Å². The van der Waals surface area contributed by atoms with E-state index >= 15 is 0 Å². The third-order valence-corrected chi connectivity index (χ3v) is 8.43. The van der Waals surface area contributed by atoms with Gasteiger partial charge in [-0.2, -0.15) is 13.2 Å². The number of aryl methyl sites for hydroxylation is 1. The van der Waals surface area contributed by atoms with Crippen LogP contribution in [0, 0.1) is 13.8 Å². The first-order chi connectivity index (χ1) is 17.3. The molecule has 2 fully saturated rings. The van der Waals surface area contributed by atoms with E-state index < -0.39 is 11.7 Å². The number of likely N-dealkylation sites (tertiary alicyclic amines) is 1. The van der Waals surface area contributed by atoms with Crippen LogP contribution in [-0.2, 0) is 6.18 Å². The molecule has 1 aromatic carbocycles. The van der Waals surface area contributed by atoms with Crippen LogP contribution in [0.25, 0.3) is 0 Å². The molecule has 2 aliphatic heterocycles. The molecular formula is C27H37F3N5O2+. The molecule has 3 heterocycles. The van der Waals surface area contributed by atoms with E-state index in [1.165, 1.54) is 6.33 Å². The van der Waals surface area contributed by atoms with Gasteiger partial charge in [0.2, 0.25) is 0 Å². The number of hydrogen-bond donors (Lipinski definition) is 1. The minimum Gasteiger partial charge on any atom is -0.350 e. The minimum absolute atomic E-state index is 0.0203. The molecule has 2 aromatic rings. The van der Waals surface area contributed by atoms with E-state index in [4.69, 9.17) is 0 Å². The molecule has 2 atom stereocenters. The second-order valence-corrected chi connectivity index (χ2v) is 10.8. The first kappa shape index (κ1) is 27.3. The molecule has 0 unspecified atom stereocenters. The molecule has 4 rings (SSSR count). The van der Waals surface area contributed by atoms with Gasteiger partial charge in [-0.05, 0) is 56.3 Å². The lowest BCUT2D eigenvalue weighted by atomic mass is 9.86. The number of carbonyl (C=O) groups is 1. The molecule has 0 saturated carbocycles. The zero-order valence-corrected chi connectivity index (χ0v) is 22.2. The molecule has 0 bridgehead atoms. The summed E-state index contributed by atoms with van der Waals surface area (Å²) in [4.78, 5) is 24.1. The smallest absolute Gasteiger partial charge is 0.350 e. The SMILES string of the molecule is Cc1nc[n+](O)c(C)c1C(=O)N1CCC(C)(N2CCN([C@@H](C)c3ccc(C(F)(F)F)cc3)[C@@H](C)C2)CC1. The summed E-state index contributed by atoms with van der Waals surface area (Å²) >= 11 is 0. The third-order valence-electron chi connectivity index (χ3n) is 8.43. The molecule has 7 nitrogen and oxygen atoms in total. The zero-order valence-electron chi connectivity index (χ0n) is 22.2. The van der Waals surface area contributed by atoms with Crippen LogP contribution in [0.5, 0.6) is 0 Å². The van der Waals surface area contributed by atoms with E-state index in [-0.39, 0.29) is 23.5 Å². The van der Waals surface area contributed by atoms with Crippen molar-refractivity contribution >= 4 is 5.91 Å². The monoisotopic (exact) mass is 520 g/mol. The number of aromatic nitrogens is 2. The van der Waals surface area contributed by atoms with Gasteiger partial charge in [-0.15, -0.1) is 0 Å².